The summed E-state index contributed by atoms with van der Waals surface area (Å²) < 4.78 is 30.7. The minimum Gasteiger partial charge on any atom is -0.468 e. The van der Waals surface area contributed by atoms with Crippen LogP contribution in [-0.4, -0.2) is 43.2 Å². The Morgan fingerprint density at radius 1 is 1.20 bits per heavy atom. The second-order valence-electron chi connectivity index (χ2n) is 6.61. The summed E-state index contributed by atoms with van der Waals surface area (Å²) in [6, 6.07) is 11.9. The predicted molar refractivity (Wildman–Crippen MR) is 113 cm³/mol. The van der Waals surface area contributed by atoms with E-state index in [1.807, 2.05) is 24.3 Å². The Labute approximate surface area is 175 Å². The number of esters is 1. The topological polar surface area (TPSA) is 111 Å². The van der Waals surface area contributed by atoms with Gasteiger partial charge in [0.2, 0.25) is 0 Å². The Kier molecular flexibility index (Phi) is 5.04. The minimum absolute atomic E-state index is 0.149. The maximum absolute atomic E-state index is 12.9. The van der Waals surface area contributed by atoms with Crippen LogP contribution in [0.15, 0.2) is 58.5 Å². The van der Waals surface area contributed by atoms with Crippen LogP contribution in [0.1, 0.15) is 10.4 Å². The van der Waals surface area contributed by atoms with Crippen LogP contribution in [0.5, 0.6) is 0 Å². The molecule has 154 valence electrons. The van der Waals surface area contributed by atoms with Gasteiger partial charge in [-0.1, -0.05) is 29.5 Å². The molecule has 2 aromatic heterocycles. The first-order valence-electron chi connectivity index (χ1n) is 8.83. The van der Waals surface area contributed by atoms with Gasteiger partial charge in [0.05, 0.1) is 27.8 Å². The Hall–Kier alpha value is -3.24. The maximum Gasteiger partial charge on any atom is 0.325 e. The number of aromatic amines is 1. The number of hydrogen-bond acceptors (Lipinski definition) is 6. The first kappa shape index (κ1) is 20.0. The molecule has 0 atom stereocenters. The Morgan fingerprint density at radius 3 is 2.70 bits per heavy atom. The lowest BCUT2D eigenvalue weighted by Crippen LogP contribution is -2.22. The summed E-state index contributed by atoms with van der Waals surface area (Å²) in [5.41, 5.74) is 1.81. The quantitative estimate of drug-likeness (QED) is 0.487. The summed E-state index contributed by atoms with van der Waals surface area (Å²) in [6.45, 7) is -0.158. The van der Waals surface area contributed by atoms with Crippen LogP contribution in [0.4, 0.5) is 0 Å². The number of sulfone groups is 1. The average Bonchev–Trinajstić information content (AvgIpc) is 3.28. The van der Waals surface area contributed by atoms with E-state index in [2.05, 4.69) is 9.98 Å². The lowest BCUT2D eigenvalue weighted by atomic mass is 10.2. The van der Waals surface area contributed by atoms with Crippen LogP contribution >= 0.6 is 11.3 Å². The van der Waals surface area contributed by atoms with Crippen LogP contribution in [0, 0.1) is 0 Å². The highest BCUT2D eigenvalue weighted by molar-refractivity contribution is 7.90. The Morgan fingerprint density at radius 2 is 1.97 bits per heavy atom. The fourth-order valence-corrected chi connectivity index (χ4v) is 4.90. The van der Waals surface area contributed by atoms with Gasteiger partial charge in [0.25, 0.3) is 5.91 Å². The van der Waals surface area contributed by atoms with Crippen molar-refractivity contribution in [2.24, 2.45) is 4.99 Å². The van der Waals surface area contributed by atoms with Crippen LogP contribution in [0.3, 0.4) is 0 Å². The van der Waals surface area contributed by atoms with E-state index in [0.29, 0.717) is 15.8 Å². The zero-order valence-electron chi connectivity index (χ0n) is 16.1. The largest absolute Gasteiger partial charge is 0.468 e. The number of thiazole rings is 1. The summed E-state index contributed by atoms with van der Waals surface area (Å²) in [6.07, 6.45) is 2.71. The van der Waals surface area contributed by atoms with Gasteiger partial charge in [-0.2, -0.15) is 4.99 Å². The predicted octanol–water partition coefficient (Wildman–Crippen LogP) is 2.50. The fraction of sp³-hybridized carbons (Fsp3) is 0.150. The number of aromatic nitrogens is 2. The number of carbonyl (C=O) groups excluding carboxylic acids is 2. The lowest BCUT2D eigenvalue weighted by molar-refractivity contribution is -0.141. The third kappa shape index (κ3) is 3.66. The van der Waals surface area contributed by atoms with E-state index in [9.17, 15) is 18.0 Å². The molecular formula is C20H17N3O5S2. The SMILES string of the molecule is COC(=O)Cn1c(=NC(=O)c2c[nH]c3ccccc23)sc2cc(S(C)(=O)=O)ccc21. The van der Waals surface area contributed by atoms with Crippen LogP contribution in [-0.2, 0) is 25.9 Å². The summed E-state index contributed by atoms with van der Waals surface area (Å²) in [7, 11) is -2.13. The summed E-state index contributed by atoms with van der Waals surface area (Å²) in [4.78, 5) is 32.5. The van der Waals surface area contributed by atoms with Crippen LogP contribution < -0.4 is 4.80 Å². The molecule has 0 aliphatic rings. The number of ether oxygens (including phenoxy) is 1. The van der Waals surface area contributed by atoms with Crippen molar-refractivity contribution in [3.8, 4) is 0 Å². The van der Waals surface area contributed by atoms with E-state index < -0.39 is 21.7 Å². The Balaban J connectivity index is 1.90. The molecule has 0 saturated heterocycles. The number of para-hydroxylation sites is 1. The van der Waals surface area contributed by atoms with Crippen molar-refractivity contribution < 1.29 is 22.7 Å². The van der Waals surface area contributed by atoms with Crippen LogP contribution in [0.25, 0.3) is 21.1 Å². The number of carbonyl (C=O) groups is 2. The van der Waals surface area contributed by atoms with Gasteiger partial charge in [-0.05, 0) is 24.3 Å². The fourth-order valence-electron chi connectivity index (χ4n) is 3.11. The second kappa shape index (κ2) is 7.54. The molecule has 0 unspecified atom stereocenters. The number of H-pyrrole nitrogens is 1. The van der Waals surface area contributed by atoms with Gasteiger partial charge in [-0.25, -0.2) is 8.42 Å². The molecule has 0 spiro atoms. The third-order valence-electron chi connectivity index (χ3n) is 4.61. The maximum atomic E-state index is 12.9. The zero-order chi connectivity index (χ0) is 21.5. The lowest BCUT2D eigenvalue weighted by Gasteiger charge is -2.04. The summed E-state index contributed by atoms with van der Waals surface area (Å²) in [5, 5.41) is 0.742. The molecule has 1 N–H and O–H groups in total. The van der Waals surface area contributed by atoms with Gasteiger partial charge in [0, 0.05) is 23.4 Å². The molecule has 0 saturated carbocycles. The van der Waals surface area contributed by atoms with E-state index in [1.165, 1.54) is 19.2 Å². The molecule has 0 fully saturated rings. The van der Waals surface area contributed by atoms with Gasteiger partial charge >= 0.3 is 5.97 Å². The minimum atomic E-state index is -3.40. The summed E-state index contributed by atoms with van der Waals surface area (Å²) in [5.74, 6) is -0.983. The molecule has 30 heavy (non-hydrogen) atoms. The van der Waals surface area contributed by atoms with Crippen molar-refractivity contribution in [3.63, 3.8) is 0 Å². The van der Waals surface area contributed by atoms with Gasteiger partial charge in [0.15, 0.2) is 14.6 Å². The molecule has 2 heterocycles. The zero-order valence-corrected chi connectivity index (χ0v) is 17.7. The van der Waals surface area contributed by atoms with E-state index >= 15 is 0 Å². The first-order valence-corrected chi connectivity index (χ1v) is 11.5. The molecule has 0 aliphatic heterocycles. The van der Waals surface area contributed by atoms with Crippen molar-refractivity contribution in [1.82, 2.24) is 9.55 Å². The molecule has 10 heteroatoms. The highest BCUT2D eigenvalue weighted by Gasteiger charge is 2.16. The van der Waals surface area contributed by atoms with Crippen molar-refractivity contribution in [1.29, 1.82) is 0 Å². The highest BCUT2D eigenvalue weighted by atomic mass is 32.2. The average molecular weight is 444 g/mol. The molecule has 0 aliphatic carbocycles. The van der Waals surface area contributed by atoms with Crippen molar-refractivity contribution in [3.05, 3.63) is 59.0 Å². The molecule has 4 aromatic rings. The normalized spacial score (nSPS) is 12.5. The number of amides is 1. The second-order valence-corrected chi connectivity index (χ2v) is 9.64. The van der Waals surface area contributed by atoms with E-state index in [4.69, 9.17) is 4.74 Å². The summed E-state index contributed by atoms with van der Waals surface area (Å²) >= 11 is 1.13. The third-order valence-corrected chi connectivity index (χ3v) is 6.77. The number of nitrogens with one attached hydrogen (secondary N) is 1. The van der Waals surface area contributed by atoms with E-state index in [1.54, 1.807) is 16.8 Å². The van der Waals surface area contributed by atoms with E-state index in [0.717, 1.165) is 28.5 Å². The number of rotatable bonds is 4. The van der Waals surface area contributed by atoms with Gasteiger partial charge in [-0.15, -0.1) is 0 Å². The van der Waals surface area contributed by atoms with Gasteiger partial charge in [-0.3, -0.25) is 9.59 Å². The molecule has 1 amide bonds. The van der Waals surface area contributed by atoms with Gasteiger partial charge < -0.3 is 14.3 Å². The number of benzene rings is 2. The van der Waals surface area contributed by atoms with Crippen LogP contribution in [0.2, 0.25) is 0 Å². The monoisotopic (exact) mass is 443 g/mol. The first-order chi connectivity index (χ1) is 14.3. The number of fused-ring (bicyclic) bond motifs is 2. The van der Waals surface area contributed by atoms with Gasteiger partial charge in [0.1, 0.15) is 6.54 Å². The molecular weight excluding hydrogens is 426 g/mol. The number of nitrogens with zero attached hydrogens (tertiary/aromatic N) is 2. The Bertz CT molecular complexity index is 1480. The molecule has 8 nitrogen and oxygen atoms in total. The smallest absolute Gasteiger partial charge is 0.325 e. The highest BCUT2D eigenvalue weighted by Crippen LogP contribution is 2.23. The van der Waals surface area contributed by atoms with Crippen molar-refractivity contribution in [2.75, 3.05) is 13.4 Å². The molecule has 0 radical (unpaired) electrons. The number of methoxy groups -OCH3 is 1. The molecule has 2 aromatic carbocycles. The van der Waals surface area contributed by atoms with E-state index in [-0.39, 0.29) is 16.2 Å². The molecule has 4 rings (SSSR count). The standard InChI is InChI=1S/C20H17N3O5S2/c1-28-18(24)11-23-16-8-7-12(30(2,26)27)9-17(16)29-20(23)22-19(25)14-10-21-15-6-4-3-5-13(14)15/h3-10,21H,11H2,1-2H3. The molecule has 0 bridgehead atoms. The van der Waals surface area contributed by atoms with Crippen molar-refractivity contribution >= 4 is 54.2 Å². The number of hydrogen-bond donors (Lipinski definition) is 1. The van der Waals surface area contributed by atoms with Crippen molar-refractivity contribution in [2.45, 2.75) is 11.4 Å².